The average Bonchev–Trinajstić information content (AvgIpc) is 2.52. The molecule has 1 heterocycles. The van der Waals surface area contributed by atoms with Gasteiger partial charge in [0.1, 0.15) is 12.2 Å². The molecule has 2 rings (SSSR count). The van der Waals surface area contributed by atoms with E-state index < -0.39 is 36.3 Å². The maximum absolute atomic E-state index is 14.3. The third-order valence-electron chi connectivity index (χ3n) is 3.96. The summed E-state index contributed by atoms with van der Waals surface area (Å²) >= 11 is 0.545. The minimum absolute atomic E-state index is 0.0206. The fourth-order valence-corrected chi connectivity index (χ4v) is 3.48. The second kappa shape index (κ2) is 8.15. The Kier molecular flexibility index (Phi) is 6.54. The van der Waals surface area contributed by atoms with Gasteiger partial charge in [-0.1, -0.05) is 0 Å². The zero-order chi connectivity index (χ0) is 20.4. The van der Waals surface area contributed by atoms with E-state index in [1.165, 1.54) is 17.9 Å². The molecule has 11 heteroatoms. The summed E-state index contributed by atoms with van der Waals surface area (Å²) in [6.45, 7) is 1.64. The fraction of sp³-hybridized carbons (Fsp3) is 0.562. The normalized spacial score (nSPS) is 16.0. The number of hydrogen-bond donors (Lipinski definition) is 0. The van der Waals surface area contributed by atoms with Crippen molar-refractivity contribution in [1.82, 2.24) is 4.90 Å². The SMILES string of the molecule is Cc1cc(F)c(N2CCN(C(=O)CC(F)(F)F)CC2)cc1SCC(F)(F)F. The Hall–Kier alpha value is -1.65. The van der Waals surface area contributed by atoms with Gasteiger partial charge in [-0.3, -0.25) is 4.79 Å². The van der Waals surface area contributed by atoms with E-state index in [-0.39, 0.29) is 36.8 Å². The number of carbonyl (C=O) groups excluding carboxylic acids is 1. The number of rotatable bonds is 4. The van der Waals surface area contributed by atoms with Crippen molar-refractivity contribution in [3.05, 3.63) is 23.5 Å². The third kappa shape index (κ3) is 6.47. The van der Waals surface area contributed by atoms with E-state index in [1.807, 2.05) is 0 Å². The number of piperazine rings is 1. The predicted molar refractivity (Wildman–Crippen MR) is 87.4 cm³/mol. The zero-order valence-electron chi connectivity index (χ0n) is 14.3. The molecular formula is C16H17F7N2OS. The lowest BCUT2D eigenvalue weighted by Gasteiger charge is -2.36. The highest BCUT2D eigenvalue weighted by Crippen LogP contribution is 2.34. The summed E-state index contributed by atoms with van der Waals surface area (Å²) in [6, 6.07) is 2.45. The van der Waals surface area contributed by atoms with Crippen molar-refractivity contribution in [2.75, 3.05) is 36.8 Å². The van der Waals surface area contributed by atoms with Gasteiger partial charge in [0.2, 0.25) is 5.91 Å². The van der Waals surface area contributed by atoms with Gasteiger partial charge >= 0.3 is 12.4 Å². The van der Waals surface area contributed by atoms with Crippen LogP contribution in [0, 0.1) is 12.7 Å². The van der Waals surface area contributed by atoms with Gasteiger partial charge in [0, 0.05) is 31.1 Å². The van der Waals surface area contributed by atoms with Crippen molar-refractivity contribution < 1.29 is 35.5 Å². The van der Waals surface area contributed by atoms with E-state index in [4.69, 9.17) is 0 Å². The van der Waals surface area contributed by atoms with Gasteiger partial charge in [-0.15, -0.1) is 11.8 Å². The number of nitrogens with zero attached hydrogens (tertiary/aromatic N) is 2. The molecule has 0 atom stereocenters. The first-order valence-corrected chi connectivity index (χ1v) is 8.93. The zero-order valence-corrected chi connectivity index (χ0v) is 15.1. The Morgan fingerprint density at radius 2 is 1.63 bits per heavy atom. The number of thioether (sulfide) groups is 1. The van der Waals surface area contributed by atoms with Crippen LogP contribution in [-0.4, -0.2) is 55.1 Å². The van der Waals surface area contributed by atoms with Gasteiger partial charge < -0.3 is 9.80 Å². The number of aryl methyl sites for hydroxylation is 1. The maximum atomic E-state index is 14.3. The van der Waals surface area contributed by atoms with Crippen LogP contribution in [0.25, 0.3) is 0 Å². The van der Waals surface area contributed by atoms with Crippen LogP contribution in [0.3, 0.4) is 0 Å². The molecule has 27 heavy (non-hydrogen) atoms. The molecule has 0 spiro atoms. The number of benzene rings is 1. The molecule has 1 fully saturated rings. The van der Waals surface area contributed by atoms with E-state index >= 15 is 0 Å². The molecule has 1 aliphatic rings. The standard InChI is InChI=1S/C16H17F7N2OS/c1-10-6-11(17)12(7-13(10)27-9-16(21,22)23)24-2-4-25(5-3-24)14(26)8-15(18,19)20/h6-7H,2-5,8-9H2,1H3. The second-order valence-electron chi connectivity index (χ2n) is 6.13. The molecule has 0 aromatic heterocycles. The summed E-state index contributed by atoms with van der Waals surface area (Å²) in [7, 11) is 0. The van der Waals surface area contributed by atoms with Crippen molar-refractivity contribution in [1.29, 1.82) is 0 Å². The van der Waals surface area contributed by atoms with Gasteiger partial charge in [-0.2, -0.15) is 26.3 Å². The van der Waals surface area contributed by atoms with Crippen LogP contribution in [0.4, 0.5) is 36.4 Å². The molecule has 0 bridgehead atoms. The van der Waals surface area contributed by atoms with Crippen LogP contribution in [0.1, 0.15) is 12.0 Å². The Morgan fingerprint density at radius 3 is 2.15 bits per heavy atom. The van der Waals surface area contributed by atoms with Crippen molar-refractivity contribution >= 4 is 23.4 Å². The second-order valence-corrected chi connectivity index (χ2v) is 7.15. The molecule has 1 aromatic rings. The third-order valence-corrected chi connectivity index (χ3v) is 5.18. The van der Waals surface area contributed by atoms with Crippen molar-refractivity contribution in [2.24, 2.45) is 0 Å². The number of carbonyl (C=O) groups is 1. The highest BCUT2D eigenvalue weighted by Gasteiger charge is 2.34. The topological polar surface area (TPSA) is 23.6 Å². The highest BCUT2D eigenvalue weighted by molar-refractivity contribution is 7.99. The Labute approximate surface area is 155 Å². The first-order chi connectivity index (χ1) is 12.4. The molecule has 152 valence electrons. The Bertz CT molecular complexity index is 683. The number of alkyl halides is 6. The molecule has 1 aromatic carbocycles. The van der Waals surface area contributed by atoms with Crippen LogP contribution in [-0.2, 0) is 4.79 Å². The molecule has 0 N–H and O–H groups in total. The van der Waals surface area contributed by atoms with Crippen LogP contribution in [0.2, 0.25) is 0 Å². The molecule has 0 unspecified atom stereocenters. The van der Waals surface area contributed by atoms with Crippen molar-refractivity contribution in [3.63, 3.8) is 0 Å². The van der Waals surface area contributed by atoms with Gasteiger partial charge in [-0.05, 0) is 24.6 Å². The lowest BCUT2D eigenvalue weighted by Crippen LogP contribution is -2.49. The lowest BCUT2D eigenvalue weighted by molar-refractivity contribution is -0.161. The molecule has 3 nitrogen and oxygen atoms in total. The summed E-state index contributed by atoms with van der Waals surface area (Å²) in [6.07, 6.45) is -10.5. The van der Waals surface area contributed by atoms with E-state index in [1.54, 1.807) is 0 Å². The molecule has 1 saturated heterocycles. The minimum atomic E-state index is -4.60. The quantitative estimate of drug-likeness (QED) is 0.535. The number of halogens is 7. The number of amides is 1. The van der Waals surface area contributed by atoms with Gasteiger partial charge in [-0.25, -0.2) is 4.39 Å². The summed E-state index contributed by atoms with van der Waals surface area (Å²) < 4.78 is 88.4. The maximum Gasteiger partial charge on any atom is 0.398 e. The fourth-order valence-electron chi connectivity index (χ4n) is 2.68. The summed E-state index contributed by atoms with van der Waals surface area (Å²) in [4.78, 5) is 14.5. The largest absolute Gasteiger partial charge is 0.398 e. The van der Waals surface area contributed by atoms with Crippen LogP contribution in [0.5, 0.6) is 0 Å². The molecule has 0 radical (unpaired) electrons. The highest BCUT2D eigenvalue weighted by atomic mass is 32.2. The molecule has 1 amide bonds. The number of anilines is 1. The number of hydrogen-bond acceptors (Lipinski definition) is 3. The van der Waals surface area contributed by atoms with Crippen LogP contribution in [0.15, 0.2) is 17.0 Å². The van der Waals surface area contributed by atoms with Crippen LogP contribution < -0.4 is 4.90 Å². The molecular weight excluding hydrogens is 401 g/mol. The summed E-state index contributed by atoms with van der Waals surface area (Å²) in [5.41, 5.74) is 0.442. The van der Waals surface area contributed by atoms with Crippen molar-refractivity contribution in [2.45, 2.75) is 30.6 Å². The van der Waals surface area contributed by atoms with Gasteiger partial charge in [0.25, 0.3) is 0 Å². The van der Waals surface area contributed by atoms with E-state index in [0.29, 0.717) is 17.3 Å². The minimum Gasteiger partial charge on any atom is -0.366 e. The van der Waals surface area contributed by atoms with Gasteiger partial charge in [0.15, 0.2) is 0 Å². The summed E-state index contributed by atoms with van der Waals surface area (Å²) in [5.74, 6) is -2.79. The Morgan fingerprint density at radius 1 is 1.04 bits per heavy atom. The monoisotopic (exact) mass is 418 g/mol. The summed E-state index contributed by atoms with van der Waals surface area (Å²) in [5, 5.41) is 0. The molecule has 1 aliphatic heterocycles. The van der Waals surface area contributed by atoms with E-state index in [9.17, 15) is 35.5 Å². The molecule has 0 saturated carbocycles. The Balaban J connectivity index is 2.06. The first-order valence-electron chi connectivity index (χ1n) is 7.95. The lowest BCUT2D eigenvalue weighted by atomic mass is 10.1. The van der Waals surface area contributed by atoms with E-state index in [0.717, 1.165) is 11.0 Å². The van der Waals surface area contributed by atoms with Crippen LogP contribution >= 0.6 is 11.8 Å². The van der Waals surface area contributed by atoms with Crippen molar-refractivity contribution in [3.8, 4) is 0 Å². The van der Waals surface area contributed by atoms with Gasteiger partial charge in [0.05, 0.1) is 11.4 Å². The predicted octanol–water partition coefficient (Wildman–Crippen LogP) is 4.39. The smallest absolute Gasteiger partial charge is 0.366 e. The average molecular weight is 418 g/mol. The molecule has 0 aliphatic carbocycles. The first kappa shape index (κ1) is 21.6. The van der Waals surface area contributed by atoms with E-state index in [2.05, 4.69) is 0 Å².